The molecule has 0 spiro atoms. The minimum absolute atomic E-state index is 0.0659. The van der Waals surface area contributed by atoms with Crippen LogP contribution >= 0.6 is 0 Å². The largest absolute Gasteiger partial charge is 0.394 e. The number of hydrogen-bond acceptors (Lipinski definition) is 4. The molecule has 0 saturated carbocycles. The minimum atomic E-state index is -0.0856. The van der Waals surface area contributed by atoms with Crippen LogP contribution in [-0.4, -0.2) is 50.9 Å². The highest BCUT2D eigenvalue weighted by Gasteiger charge is 2.03. The summed E-state index contributed by atoms with van der Waals surface area (Å²) in [6.07, 6.45) is 4.93. The molecule has 2 unspecified atom stereocenters. The molecule has 0 aromatic heterocycles. The molecule has 0 rings (SSSR count). The van der Waals surface area contributed by atoms with E-state index in [1.807, 2.05) is 13.8 Å². The molecule has 0 amide bonds. The highest BCUT2D eigenvalue weighted by Crippen LogP contribution is 1.93. The summed E-state index contributed by atoms with van der Waals surface area (Å²) < 4.78 is 15.4. The van der Waals surface area contributed by atoms with Gasteiger partial charge in [0.2, 0.25) is 0 Å². The van der Waals surface area contributed by atoms with Crippen molar-refractivity contribution in [1.29, 1.82) is 0 Å². The van der Waals surface area contributed by atoms with Crippen molar-refractivity contribution in [2.75, 3.05) is 33.5 Å². The Morgan fingerprint density at radius 2 is 1.47 bits per heavy atom. The summed E-state index contributed by atoms with van der Waals surface area (Å²) in [6.45, 7) is 10.6. The first kappa shape index (κ1) is 21.1. The van der Waals surface area contributed by atoms with Crippen molar-refractivity contribution in [2.24, 2.45) is 0 Å². The lowest BCUT2D eigenvalue weighted by atomic mass is 10.3. The predicted molar refractivity (Wildman–Crippen MR) is 79.6 cm³/mol. The first-order chi connectivity index (χ1) is 9.12. The van der Waals surface area contributed by atoms with Gasteiger partial charge in [-0.05, 0) is 26.7 Å². The van der Waals surface area contributed by atoms with E-state index in [0.717, 1.165) is 13.2 Å². The van der Waals surface area contributed by atoms with Gasteiger partial charge < -0.3 is 19.3 Å². The Labute approximate surface area is 119 Å². The molecule has 2 atom stereocenters. The van der Waals surface area contributed by atoms with E-state index in [-0.39, 0.29) is 18.8 Å². The molecular weight excluding hydrogens is 244 g/mol. The number of aliphatic hydroxyl groups is 1. The number of ether oxygens (including phenoxy) is 3. The molecule has 0 saturated heterocycles. The molecule has 0 aliphatic carbocycles. The average Bonchev–Trinajstić information content (AvgIpc) is 2.44. The highest BCUT2D eigenvalue weighted by atomic mass is 16.5. The summed E-state index contributed by atoms with van der Waals surface area (Å²) in [7, 11) is 1.64. The Hall–Kier alpha value is -0.160. The van der Waals surface area contributed by atoms with Crippen LogP contribution in [0.25, 0.3) is 0 Å². The second-order valence-corrected chi connectivity index (χ2v) is 4.69. The zero-order valence-electron chi connectivity index (χ0n) is 13.5. The first-order valence-corrected chi connectivity index (χ1v) is 7.45. The Bertz CT molecular complexity index is 137. The fraction of sp³-hybridized carbons (Fsp3) is 1.00. The van der Waals surface area contributed by atoms with E-state index in [9.17, 15) is 0 Å². The lowest BCUT2D eigenvalue weighted by molar-refractivity contribution is -0.0313. The number of aliphatic hydroxyl groups excluding tert-OH is 1. The van der Waals surface area contributed by atoms with E-state index in [1.54, 1.807) is 7.11 Å². The zero-order valence-corrected chi connectivity index (χ0v) is 13.5. The molecule has 0 aromatic carbocycles. The van der Waals surface area contributed by atoms with Crippen molar-refractivity contribution >= 4 is 0 Å². The molecule has 118 valence electrons. The summed E-state index contributed by atoms with van der Waals surface area (Å²) >= 11 is 0. The van der Waals surface area contributed by atoms with E-state index in [2.05, 4.69) is 13.8 Å². The van der Waals surface area contributed by atoms with Gasteiger partial charge >= 0.3 is 0 Å². The van der Waals surface area contributed by atoms with E-state index in [1.165, 1.54) is 25.7 Å². The maximum Gasteiger partial charge on any atom is 0.0779 e. The highest BCUT2D eigenvalue weighted by molar-refractivity contribution is 4.49. The molecule has 4 heteroatoms. The lowest BCUT2D eigenvalue weighted by Gasteiger charge is -2.13. The summed E-state index contributed by atoms with van der Waals surface area (Å²) in [4.78, 5) is 0. The molecule has 0 aliphatic heterocycles. The fourth-order valence-corrected chi connectivity index (χ4v) is 1.02. The van der Waals surface area contributed by atoms with Crippen LogP contribution in [0.2, 0.25) is 0 Å². The average molecular weight is 278 g/mol. The van der Waals surface area contributed by atoms with Gasteiger partial charge in [-0.25, -0.2) is 0 Å². The minimum Gasteiger partial charge on any atom is -0.394 e. The van der Waals surface area contributed by atoms with Crippen LogP contribution in [0.5, 0.6) is 0 Å². The second kappa shape index (κ2) is 17.8. The molecule has 0 fully saturated rings. The van der Waals surface area contributed by atoms with Gasteiger partial charge in [0, 0.05) is 20.3 Å². The predicted octanol–water partition coefficient (Wildman–Crippen LogP) is 3.02. The van der Waals surface area contributed by atoms with Crippen LogP contribution in [0.15, 0.2) is 0 Å². The van der Waals surface area contributed by atoms with Crippen molar-refractivity contribution in [2.45, 2.75) is 65.6 Å². The molecule has 1 N–H and O–H groups in total. The van der Waals surface area contributed by atoms with Crippen LogP contribution in [0.4, 0.5) is 0 Å². The molecule has 19 heavy (non-hydrogen) atoms. The van der Waals surface area contributed by atoms with Crippen molar-refractivity contribution < 1.29 is 19.3 Å². The van der Waals surface area contributed by atoms with Crippen LogP contribution in [-0.2, 0) is 14.2 Å². The van der Waals surface area contributed by atoms with E-state index in [4.69, 9.17) is 19.3 Å². The van der Waals surface area contributed by atoms with Gasteiger partial charge in [-0.1, -0.05) is 26.7 Å². The van der Waals surface area contributed by atoms with Gasteiger partial charge in [0.05, 0.1) is 25.4 Å². The van der Waals surface area contributed by atoms with Crippen LogP contribution < -0.4 is 0 Å². The maximum atomic E-state index is 8.55. The molecule has 4 nitrogen and oxygen atoms in total. The Morgan fingerprint density at radius 3 is 1.84 bits per heavy atom. The monoisotopic (exact) mass is 278 g/mol. The molecule has 0 heterocycles. The summed E-state index contributed by atoms with van der Waals surface area (Å²) in [5, 5.41) is 8.55. The summed E-state index contributed by atoms with van der Waals surface area (Å²) in [5.74, 6) is 0. The van der Waals surface area contributed by atoms with Gasteiger partial charge in [0.1, 0.15) is 0 Å². The van der Waals surface area contributed by atoms with Crippen LogP contribution in [0.3, 0.4) is 0 Å². The van der Waals surface area contributed by atoms with Gasteiger partial charge in [0.25, 0.3) is 0 Å². The smallest absolute Gasteiger partial charge is 0.0779 e. The fourth-order valence-electron chi connectivity index (χ4n) is 1.02. The van der Waals surface area contributed by atoms with Crippen LogP contribution in [0, 0.1) is 0 Å². The second-order valence-electron chi connectivity index (χ2n) is 4.69. The Kier molecular flexibility index (Phi) is 19.9. The summed E-state index contributed by atoms with van der Waals surface area (Å²) in [6, 6.07) is 0. The summed E-state index contributed by atoms with van der Waals surface area (Å²) in [5.41, 5.74) is 0. The normalized spacial score (nSPS) is 13.6. The standard InChI is InChI=1S/C8H18O.C7H16O3/c1-3-5-7-9-8-6-4-2;1-6(4-8)10-5-7(2)9-3/h3-8H2,1-2H3;6-8H,4-5H2,1-3H3. The van der Waals surface area contributed by atoms with E-state index in [0.29, 0.717) is 6.61 Å². The Balaban J connectivity index is 0. The van der Waals surface area contributed by atoms with Gasteiger partial charge in [0.15, 0.2) is 0 Å². The Morgan fingerprint density at radius 1 is 0.947 bits per heavy atom. The quantitative estimate of drug-likeness (QED) is 0.590. The number of rotatable bonds is 11. The van der Waals surface area contributed by atoms with E-state index < -0.39 is 0 Å². The number of hydrogen-bond donors (Lipinski definition) is 1. The van der Waals surface area contributed by atoms with Crippen molar-refractivity contribution in [3.05, 3.63) is 0 Å². The molecule has 0 bridgehead atoms. The topological polar surface area (TPSA) is 47.9 Å². The molecule has 0 radical (unpaired) electrons. The molecule has 0 aromatic rings. The van der Waals surface area contributed by atoms with Crippen molar-refractivity contribution in [1.82, 2.24) is 0 Å². The van der Waals surface area contributed by atoms with Crippen LogP contribution in [0.1, 0.15) is 53.4 Å². The zero-order chi connectivity index (χ0) is 14.9. The molecule has 0 aliphatic rings. The van der Waals surface area contributed by atoms with Crippen molar-refractivity contribution in [3.63, 3.8) is 0 Å². The third kappa shape index (κ3) is 20.3. The van der Waals surface area contributed by atoms with Gasteiger partial charge in [-0.3, -0.25) is 0 Å². The maximum absolute atomic E-state index is 8.55. The molecular formula is C15H34O4. The van der Waals surface area contributed by atoms with Crippen molar-refractivity contribution in [3.8, 4) is 0 Å². The SMILES string of the molecule is CCCCOCCCC.COC(C)COC(C)CO. The number of unbranched alkanes of at least 4 members (excludes halogenated alkanes) is 2. The number of methoxy groups -OCH3 is 1. The van der Waals surface area contributed by atoms with Gasteiger partial charge in [-0.15, -0.1) is 0 Å². The van der Waals surface area contributed by atoms with Gasteiger partial charge in [-0.2, -0.15) is 0 Å². The third-order valence-electron chi connectivity index (χ3n) is 2.56. The first-order valence-electron chi connectivity index (χ1n) is 7.45. The third-order valence-corrected chi connectivity index (χ3v) is 2.56. The van der Waals surface area contributed by atoms with E-state index >= 15 is 0 Å². The lowest BCUT2D eigenvalue weighted by Crippen LogP contribution is -2.21.